The van der Waals surface area contributed by atoms with Crippen LogP contribution in [0.2, 0.25) is 0 Å². The fourth-order valence-electron chi connectivity index (χ4n) is 2.98. The molecule has 1 atom stereocenters. The number of benzene rings is 1. The molecule has 2 aliphatic rings. The molecule has 5 nitrogen and oxygen atoms in total. The number of carbonyl (C=O) groups excluding carboxylic acids is 1. The van der Waals surface area contributed by atoms with Crippen molar-refractivity contribution in [1.82, 2.24) is 10.6 Å². The first-order chi connectivity index (χ1) is 10.0. The minimum atomic E-state index is -2.88. The van der Waals surface area contributed by atoms with Crippen molar-refractivity contribution in [1.29, 1.82) is 0 Å². The van der Waals surface area contributed by atoms with Crippen molar-refractivity contribution in [3.63, 3.8) is 0 Å². The number of hydrogen-bond acceptors (Lipinski definition) is 4. The van der Waals surface area contributed by atoms with Crippen LogP contribution in [-0.4, -0.2) is 37.9 Å². The summed E-state index contributed by atoms with van der Waals surface area (Å²) in [4.78, 5) is 12.3. The summed E-state index contributed by atoms with van der Waals surface area (Å²) in [5, 5.41) is 6.24. The van der Waals surface area contributed by atoms with Crippen molar-refractivity contribution in [2.75, 3.05) is 11.5 Å². The molecule has 2 N–H and O–H groups in total. The Morgan fingerprint density at radius 1 is 1.14 bits per heavy atom. The van der Waals surface area contributed by atoms with Crippen LogP contribution in [0.15, 0.2) is 24.3 Å². The molecule has 2 aliphatic heterocycles. The highest BCUT2D eigenvalue weighted by molar-refractivity contribution is 7.91. The smallest absolute Gasteiger partial charge is 0.237 e. The molecule has 0 aliphatic carbocycles. The Balaban J connectivity index is 1.58. The Morgan fingerprint density at radius 2 is 1.81 bits per heavy atom. The average Bonchev–Trinajstić information content (AvgIpc) is 2.49. The van der Waals surface area contributed by atoms with Crippen LogP contribution in [0, 0.1) is 0 Å². The first-order valence-electron chi connectivity index (χ1n) is 7.34. The molecule has 1 aromatic rings. The molecule has 0 spiro atoms. The molecule has 0 bridgehead atoms. The Kier molecular flexibility index (Phi) is 3.99. The first kappa shape index (κ1) is 14.5. The molecule has 0 saturated carbocycles. The van der Waals surface area contributed by atoms with Crippen LogP contribution < -0.4 is 10.6 Å². The van der Waals surface area contributed by atoms with E-state index in [0.717, 1.165) is 0 Å². The Morgan fingerprint density at radius 3 is 2.52 bits per heavy atom. The third-order valence-electron chi connectivity index (χ3n) is 4.30. The van der Waals surface area contributed by atoms with E-state index in [0.29, 0.717) is 25.8 Å². The zero-order valence-corrected chi connectivity index (χ0v) is 12.7. The van der Waals surface area contributed by atoms with Gasteiger partial charge in [0.25, 0.3) is 0 Å². The molecule has 114 valence electrons. The fourth-order valence-corrected chi connectivity index (χ4v) is 4.47. The number of fused-ring (bicyclic) bond motifs is 1. The second-order valence-electron chi connectivity index (χ2n) is 5.84. The van der Waals surface area contributed by atoms with Gasteiger partial charge in [-0.15, -0.1) is 0 Å². The second-order valence-corrected chi connectivity index (χ2v) is 8.14. The van der Waals surface area contributed by atoms with Gasteiger partial charge >= 0.3 is 0 Å². The summed E-state index contributed by atoms with van der Waals surface area (Å²) in [5.74, 6) is 0.339. The molecule has 3 rings (SSSR count). The lowest BCUT2D eigenvalue weighted by Gasteiger charge is -2.29. The summed E-state index contributed by atoms with van der Waals surface area (Å²) in [6, 6.07) is 7.89. The lowest BCUT2D eigenvalue weighted by Crippen LogP contribution is -2.51. The Labute approximate surface area is 125 Å². The van der Waals surface area contributed by atoms with Crippen molar-refractivity contribution in [3.05, 3.63) is 35.4 Å². The van der Waals surface area contributed by atoms with Gasteiger partial charge in [-0.25, -0.2) is 8.42 Å². The monoisotopic (exact) mass is 308 g/mol. The summed E-state index contributed by atoms with van der Waals surface area (Å²) in [6.45, 7) is 0.702. The molecule has 1 fully saturated rings. The van der Waals surface area contributed by atoms with Crippen LogP contribution in [0.1, 0.15) is 24.0 Å². The minimum absolute atomic E-state index is 0.0139. The van der Waals surface area contributed by atoms with Crippen LogP contribution in [0.4, 0.5) is 0 Å². The van der Waals surface area contributed by atoms with Crippen molar-refractivity contribution < 1.29 is 13.2 Å². The summed E-state index contributed by atoms with van der Waals surface area (Å²) in [5.41, 5.74) is 2.45. The highest BCUT2D eigenvalue weighted by atomic mass is 32.2. The van der Waals surface area contributed by atoms with Gasteiger partial charge in [0.1, 0.15) is 9.84 Å². The van der Waals surface area contributed by atoms with Crippen molar-refractivity contribution in [2.45, 2.75) is 37.9 Å². The van der Waals surface area contributed by atoms with E-state index in [2.05, 4.69) is 22.8 Å². The largest absolute Gasteiger partial charge is 0.352 e. The molecule has 21 heavy (non-hydrogen) atoms. The molecule has 2 heterocycles. The zero-order valence-electron chi connectivity index (χ0n) is 11.8. The molecule has 6 heteroatoms. The Hall–Kier alpha value is -1.40. The van der Waals surface area contributed by atoms with Gasteiger partial charge in [-0.2, -0.15) is 0 Å². The zero-order chi connectivity index (χ0) is 14.9. The number of sulfone groups is 1. The maximum absolute atomic E-state index is 12.3. The molecule has 1 aromatic carbocycles. The van der Waals surface area contributed by atoms with E-state index in [1.807, 2.05) is 12.1 Å². The van der Waals surface area contributed by atoms with Crippen molar-refractivity contribution in [3.8, 4) is 0 Å². The van der Waals surface area contributed by atoms with E-state index in [1.165, 1.54) is 11.1 Å². The predicted molar refractivity (Wildman–Crippen MR) is 80.6 cm³/mol. The van der Waals surface area contributed by atoms with Crippen molar-refractivity contribution >= 4 is 15.7 Å². The molecule has 1 saturated heterocycles. The number of hydrogen-bond donors (Lipinski definition) is 2. The molecular formula is C15H20N2O3S. The normalized spacial score (nSPS) is 25.0. The fraction of sp³-hybridized carbons (Fsp3) is 0.533. The number of amides is 1. The molecule has 0 radical (unpaired) electrons. The van der Waals surface area contributed by atoms with Gasteiger partial charge in [0.05, 0.1) is 17.5 Å². The summed E-state index contributed by atoms with van der Waals surface area (Å²) in [7, 11) is -2.88. The Bertz CT molecular complexity index is 628. The minimum Gasteiger partial charge on any atom is -0.352 e. The standard InChI is InChI=1S/C15H20N2O3S/c18-15(17-13-5-7-21(19,20)8-6-13)14-9-11-3-1-2-4-12(11)10-16-14/h1-4,13-14,16H,5-10H2,(H,17,18)/t14-/m1/s1. The number of rotatable bonds is 2. The quantitative estimate of drug-likeness (QED) is 0.829. The molecule has 1 amide bonds. The van der Waals surface area contributed by atoms with Gasteiger partial charge in [0.2, 0.25) is 5.91 Å². The van der Waals surface area contributed by atoms with E-state index in [1.54, 1.807) is 0 Å². The third kappa shape index (κ3) is 3.44. The molecule has 0 aromatic heterocycles. The summed E-state index contributed by atoms with van der Waals surface area (Å²) in [6.07, 6.45) is 1.74. The van der Waals surface area contributed by atoms with Crippen LogP contribution in [-0.2, 0) is 27.6 Å². The van der Waals surface area contributed by atoms with E-state index in [9.17, 15) is 13.2 Å². The van der Waals surface area contributed by atoms with Gasteiger partial charge < -0.3 is 10.6 Å². The van der Waals surface area contributed by atoms with Crippen molar-refractivity contribution in [2.24, 2.45) is 0 Å². The SMILES string of the molecule is O=C(NC1CCS(=O)(=O)CC1)[C@H]1Cc2ccccc2CN1. The highest BCUT2D eigenvalue weighted by Gasteiger charge is 2.28. The number of nitrogens with one attached hydrogen (secondary N) is 2. The van der Waals surface area contributed by atoms with E-state index in [-0.39, 0.29) is 29.5 Å². The molecule has 0 unspecified atom stereocenters. The summed E-state index contributed by atoms with van der Waals surface area (Å²) >= 11 is 0. The van der Waals surface area contributed by atoms with Gasteiger partial charge in [-0.1, -0.05) is 24.3 Å². The van der Waals surface area contributed by atoms with Crippen LogP contribution >= 0.6 is 0 Å². The second kappa shape index (κ2) is 5.77. The van der Waals surface area contributed by atoms with Gasteiger partial charge in [-0.05, 0) is 30.4 Å². The lowest BCUT2D eigenvalue weighted by atomic mass is 9.95. The predicted octanol–water partition coefficient (Wildman–Crippen LogP) is 0.394. The van der Waals surface area contributed by atoms with E-state index < -0.39 is 9.84 Å². The third-order valence-corrected chi connectivity index (χ3v) is 6.01. The number of carbonyl (C=O) groups is 1. The van der Waals surface area contributed by atoms with Gasteiger partial charge in [0.15, 0.2) is 0 Å². The van der Waals surface area contributed by atoms with E-state index >= 15 is 0 Å². The van der Waals surface area contributed by atoms with Gasteiger partial charge in [0, 0.05) is 12.6 Å². The average molecular weight is 308 g/mol. The molecular weight excluding hydrogens is 288 g/mol. The van der Waals surface area contributed by atoms with Gasteiger partial charge in [-0.3, -0.25) is 4.79 Å². The topological polar surface area (TPSA) is 75.3 Å². The summed E-state index contributed by atoms with van der Waals surface area (Å²) < 4.78 is 22.8. The maximum Gasteiger partial charge on any atom is 0.237 e. The van der Waals surface area contributed by atoms with Crippen LogP contribution in [0.25, 0.3) is 0 Å². The van der Waals surface area contributed by atoms with Crippen LogP contribution in [0.3, 0.4) is 0 Å². The lowest BCUT2D eigenvalue weighted by molar-refractivity contribution is -0.124. The maximum atomic E-state index is 12.3. The first-order valence-corrected chi connectivity index (χ1v) is 9.16. The van der Waals surface area contributed by atoms with E-state index in [4.69, 9.17) is 0 Å². The van der Waals surface area contributed by atoms with Crippen LogP contribution in [0.5, 0.6) is 0 Å². The highest BCUT2D eigenvalue weighted by Crippen LogP contribution is 2.17.